The second kappa shape index (κ2) is 29.5. The van der Waals surface area contributed by atoms with E-state index in [1.807, 2.05) is 152 Å². The summed E-state index contributed by atoms with van der Waals surface area (Å²) in [4.78, 5) is 11.6. The number of hydrogen-bond donors (Lipinski definition) is 2. The number of unbranched alkanes of at least 4 members (excludes halogenated alkanes) is 5. The molecule has 0 bridgehead atoms. The van der Waals surface area contributed by atoms with Crippen LogP contribution in [-0.4, -0.2) is 105 Å². The van der Waals surface area contributed by atoms with Gasteiger partial charge in [-0.2, -0.15) is 0 Å². The minimum Gasteiger partial charge on any atom is -0.469 e. The fraction of sp³-hybridized carbons (Fsp3) is 0.456. The third kappa shape index (κ3) is 16.6. The SMILES string of the molecule is COC(=O)CCCCCCCCO[C@H]1O[C@H](CO)[C@@H](O)[C@H](OCc2ccccc2)[C@H]1O[C@@H]1O[C@H](COCc2ccccc2)[C@@H](OCc2ccccc2)[C@H](OCc2ccccc2)[C@H]1OCc1ccccc1. The topological polar surface area (TPSA) is 150 Å². The number of aliphatic hydroxyl groups is 2. The van der Waals surface area contributed by atoms with E-state index in [0.717, 1.165) is 59.9 Å². The van der Waals surface area contributed by atoms with Crippen LogP contribution in [0.2, 0.25) is 0 Å². The van der Waals surface area contributed by atoms with Gasteiger partial charge in [-0.3, -0.25) is 4.79 Å². The number of carbonyl (C=O) groups is 1. The Morgan fingerprint density at radius 2 is 0.900 bits per heavy atom. The summed E-state index contributed by atoms with van der Waals surface area (Å²) in [5.74, 6) is -0.193. The van der Waals surface area contributed by atoms with Crippen LogP contribution in [-0.2, 0) is 85.2 Å². The Labute approximate surface area is 412 Å². The van der Waals surface area contributed by atoms with Crippen LogP contribution in [0.1, 0.15) is 72.8 Å². The van der Waals surface area contributed by atoms with E-state index in [1.165, 1.54) is 7.11 Å². The smallest absolute Gasteiger partial charge is 0.305 e. The maximum atomic E-state index is 12.0. The molecule has 0 aliphatic carbocycles. The molecular formula is C57H70O13. The Morgan fingerprint density at radius 1 is 0.471 bits per heavy atom. The Hall–Kier alpha value is -4.87. The molecule has 13 heteroatoms. The molecule has 70 heavy (non-hydrogen) atoms. The van der Waals surface area contributed by atoms with Crippen molar-refractivity contribution < 1.29 is 62.4 Å². The number of ether oxygens (including phenoxy) is 10. The van der Waals surface area contributed by atoms with Gasteiger partial charge in [0.25, 0.3) is 0 Å². The van der Waals surface area contributed by atoms with Gasteiger partial charge >= 0.3 is 5.97 Å². The zero-order valence-electron chi connectivity index (χ0n) is 40.2. The largest absolute Gasteiger partial charge is 0.469 e. The Balaban J connectivity index is 1.20. The highest BCUT2D eigenvalue weighted by atomic mass is 16.8. The van der Waals surface area contributed by atoms with Crippen molar-refractivity contribution >= 4 is 5.97 Å². The van der Waals surface area contributed by atoms with Crippen molar-refractivity contribution in [2.45, 2.75) is 139 Å². The third-order valence-electron chi connectivity index (χ3n) is 12.5. The lowest BCUT2D eigenvalue weighted by Crippen LogP contribution is -2.66. The molecule has 0 aromatic heterocycles. The molecule has 2 N–H and O–H groups in total. The molecule has 7 rings (SSSR count). The molecule has 2 saturated heterocycles. The molecule has 2 fully saturated rings. The number of rotatable bonds is 29. The summed E-state index contributed by atoms with van der Waals surface area (Å²) in [5.41, 5.74) is 4.73. The van der Waals surface area contributed by atoms with E-state index in [0.29, 0.717) is 26.1 Å². The number of methoxy groups -OCH3 is 1. The molecule has 0 radical (unpaired) electrons. The number of benzene rings is 5. The lowest BCUT2D eigenvalue weighted by Gasteiger charge is -2.49. The molecule has 0 unspecified atom stereocenters. The zero-order chi connectivity index (χ0) is 48.6. The minimum absolute atomic E-state index is 0.109. The molecule has 5 aromatic carbocycles. The van der Waals surface area contributed by atoms with Crippen molar-refractivity contribution in [3.05, 3.63) is 179 Å². The van der Waals surface area contributed by atoms with Gasteiger partial charge in [-0.05, 0) is 40.7 Å². The highest BCUT2D eigenvalue weighted by Crippen LogP contribution is 2.36. The van der Waals surface area contributed by atoms with E-state index in [1.54, 1.807) is 0 Å². The lowest BCUT2D eigenvalue weighted by molar-refractivity contribution is -0.380. The van der Waals surface area contributed by atoms with Gasteiger partial charge in [0, 0.05) is 13.0 Å². The molecule has 0 spiro atoms. The van der Waals surface area contributed by atoms with Crippen molar-refractivity contribution in [2.75, 3.05) is 26.9 Å². The van der Waals surface area contributed by atoms with Crippen molar-refractivity contribution in [3.63, 3.8) is 0 Å². The third-order valence-corrected chi connectivity index (χ3v) is 12.5. The zero-order valence-corrected chi connectivity index (χ0v) is 40.2. The van der Waals surface area contributed by atoms with Crippen molar-refractivity contribution in [1.29, 1.82) is 0 Å². The van der Waals surface area contributed by atoms with Gasteiger partial charge in [0.15, 0.2) is 12.6 Å². The maximum absolute atomic E-state index is 12.0. The average molecular weight is 963 g/mol. The van der Waals surface area contributed by atoms with Gasteiger partial charge in [0.05, 0.1) is 53.4 Å². The minimum atomic E-state index is -1.31. The standard InChI is InChI=1S/C57H70O13/c1-61-49(59)33-21-4-2-3-5-22-34-63-56-55(52(50(60)47(35-58)68-56)65-38-44-27-15-8-16-28-44)70-57-54(67-40-46-31-19-10-20-32-46)53(66-39-45-29-17-9-18-30-45)51(64-37-43-25-13-7-14-26-43)48(69-57)41-62-36-42-23-11-6-12-24-42/h6-20,23-32,47-48,50-58,60H,2-5,21-22,33-41H2,1H3/t47-,48-,50-,51-,52+,53+,54-,55-,56+,57+/m1/s1. The van der Waals surface area contributed by atoms with Gasteiger partial charge in [-0.1, -0.05) is 177 Å². The summed E-state index contributed by atoms with van der Waals surface area (Å²) in [7, 11) is 1.41. The van der Waals surface area contributed by atoms with Crippen LogP contribution in [0.5, 0.6) is 0 Å². The van der Waals surface area contributed by atoms with Crippen LogP contribution in [0.25, 0.3) is 0 Å². The van der Waals surface area contributed by atoms with Gasteiger partial charge < -0.3 is 57.6 Å². The van der Waals surface area contributed by atoms with Gasteiger partial charge in [-0.15, -0.1) is 0 Å². The van der Waals surface area contributed by atoms with Crippen LogP contribution >= 0.6 is 0 Å². The van der Waals surface area contributed by atoms with Crippen LogP contribution in [0.4, 0.5) is 0 Å². The lowest BCUT2D eigenvalue weighted by atomic mass is 9.96. The summed E-state index contributed by atoms with van der Waals surface area (Å²) in [6.45, 7) is 1.07. The first-order valence-corrected chi connectivity index (χ1v) is 24.7. The maximum Gasteiger partial charge on any atom is 0.305 e. The molecule has 5 aromatic rings. The van der Waals surface area contributed by atoms with Gasteiger partial charge in [0.2, 0.25) is 0 Å². The highest BCUT2D eigenvalue weighted by Gasteiger charge is 2.54. The van der Waals surface area contributed by atoms with Gasteiger partial charge in [0.1, 0.15) is 48.8 Å². The van der Waals surface area contributed by atoms with E-state index in [-0.39, 0.29) is 39.0 Å². The molecule has 0 amide bonds. The predicted octanol–water partition coefficient (Wildman–Crippen LogP) is 8.65. The first kappa shape index (κ1) is 52.9. The van der Waals surface area contributed by atoms with Crippen molar-refractivity contribution in [1.82, 2.24) is 0 Å². The quantitative estimate of drug-likeness (QED) is 0.0348. The summed E-state index contributed by atoms with van der Waals surface area (Å²) < 4.78 is 65.7. The summed E-state index contributed by atoms with van der Waals surface area (Å²) in [6.07, 6.45) is -4.27. The van der Waals surface area contributed by atoms with E-state index in [4.69, 9.17) is 47.4 Å². The first-order chi connectivity index (χ1) is 34.5. The molecular weight excluding hydrogens is 893 g/mol. The van der Waals surface area contributed by atoms with E-state index >= 15 is 0 Å². The molecule has 10 atom stereocenters. The summed E-state index contributed by atoms with van der Waals surface area (Å²) in [6, 6.07) is 49.3. The second-order valence-corrected chi connectivity index (χ2v) is 17.7. The van der Waals surface area contributed by atoms with Gasteiger partial charge in [-0.25, -0.2) is 0 Å². The summed E-state index contributed by atoms with van der Waals surface area (Å²) >= 11 is 0. The normalized spacial score (nSPS) is 24.6. The molecule has 2 aliphatic rings. The fourth-order valence-corrected chi connectivity index (χ4v) is 8.67. The Kier molecular flexibility index (Phi) is 22.3. The highest BCUT2D eigenvalue weighted by molar-refractivity contribution is 5.68. The van der Waals surface area contributed by atoms with Crippen LogP contribution < -0.4 is 0 Å². The van der Waals surface area contributed by atoms with Crippen LogP contribution in [0, 0.1) is 0 Å². The first-order valence-electron chi connectivity index (χ1n) is 24.7. The molecule has 376 valence electrons. The number of hydrogen-bond acceptors (Lipinski definition) is 13. The van der Waals surface area contributed by atoms with E-state index in [9.17, 15) is 15.0 Å². The number of esters is 1. The summed E-state index contributed by atoms with van der Waals surface area (Å²) in [5, 5.41) is 22.5. The molecule has 2 aliphatic heterocycles. The van der Waals surface area contributed by atoms with Crippen molar-refractivity contribution in [3.8, 4) is 0 Å². The fourth-order valence-electron chi connectivity index (χ4n) is 8.67. The average Bonchev–Trinajstić information content (AvgIpc) is 3.40. The number of aliphatic hydroxyl groups excluding tert-OH is 2. The van der Waals surface area contributed by atoms with Crippen molar-refractivity contribution in [2.24, 2.45) is 0 Å². The predicted molar refractivity (Wildman–Crippen MR) is 262 cm³/mol. The molecule has 13 nitrogen and oxygen atoms in total. The second-order valence-electron chi connectivity index (χ2n) is 17.7. The van der Waals surface area contributed by atoms with Crippen LogP contribution in [0.3, 0.4) is 0 Å². The molecule has 0 saturated carbocycles. The molecule has 2 heterocycles. The van der Waals surface area contributed by atoms with E-state index < -0.39 is 68.0 Å². The number of carbonyl (C=O) groups excluding carboxylic acids is 1. The van der Waals surface area contributed by atoms with Crippen LogP contribution in [0.15, 0.2) is 152 Å². The monoisotopic (exact) mass is 962 g/mol. The Morgan fingerprint density at radius 3 is 1.40 bits per heavy atom. The Bertz CT molecular complexity index is 2150. The van der Waals surface area contributed by atoms with E-state index in [2.05, 4.69) is 0 Å².